The normalized spacial score (nSPS) is 11.1. The van der Waals surface area contributed by atoms with E-state index < -0.39 is 0 Å². The Morgan fingerprint density at radius 2 is 1.44 bits per heavy atom. The van der Waals surface area contributed by atoms with Crippen LogP contribution in [0, 0.1) is 7.05 Å². The lowest BCUT2D eigenvalue weighted by Crippen LogP contribution is -1.99. The largest absolute Gasteiger partial charge is 0.267 e. The molecule has 0 aliphatic carbocycles. The van der Waals surface area contributed by atoms with Crippen LogP contribution in [0.5, 0.6) is 0 Å². The molecule has 0 aliphatic rings. The van der Waals surface area contributed by atoms with Gasteiger partial charge in [-0.15, -0.1) is 0 Å². The molecule has 0 N–H and O–H groups in total. The van der Waals surface area contributed by atoms with Crippen LogP contribution in [0.2, 0.25) is 0 Å². The number of unbranched alkanes of at least 4 members (excludes halogenated alkanes) is 3. The molecule has 0 amide bonds. The first-order valence-corrected chi connectivity index (χ1v) is 7.65. The molecule has 2 nitrogen and oxygen atoms in total. The summed E-state index contributed by atoms with van der Waals surface area (Å²) in [6.45, 7) is 6.74. The van der Waals surface area contributed by atoms with Crippen LogP contribution in [0.4, 0.5) is 0 Å². The Labute approximate surface area is 113 Å². The monoisotopic (exact) mass is 249 g/mol. The van der Waals surface area contributed by atoms with Crippen LogP contribution in [0.1, 0.15) is 76.2 Å². The summed E-state index contributed by atoms with van der Waals surface area (Å²) in [5, 5.41) is 4.66. The third-order valence-electron chi connectivity index (χ3n) is 3.56. The first-order chi connectivity index (χ1) is 8.74. The Morgan fingerprint density at radius 3 is 2.06 bits per heavy atom. The maximum Gasteiger partial charge on any atom is 0.0659 e. The maximum absolute atomic E-state index is 4.66. The summed E-state index contributed by atoms with van der Waals surface area (Å²) in [4.78, 5) is 0. The number of hydrogen-bond acceptors (Lipinski definition) is 1. The minimum atomic E-state index is 1.12. The van der Waals surface area contributed by atoms with Crippen LogP contribution in [-0.4, -0.2) is 9.78 Å². The van der Waals surface area contributed by atoms with Crippen molar-refractivity contribution in [2.75, 3.05) is 0 Å². The van der Waals surface area contributed by atoms with Crippen LogP contribution in [0.15, 0.2) is 0 Å². The van der Waals surface area contributed by atoms with Crippen molar-refractivity contribution in [1.82, 2.24) is 9.78 Å². The summed E-state index contributed by atoms with van der Waals surface area (Å²) in [5.41, 5.74) is 4.21. The minimum absolute atomic E-state index is 1.12. The summed E-state index contributed by atoms with van der Waals surface area (Å²) < 4.78 is 1.89. The van der Waals surface area contributed by atoms with Gasteiger partial charge in [0.25, 0.3) is 0 Å². The van der Waals surface area contributed by atoms with E-state index in [0.29, 0.717) is 0 Å². The third-order valence-corrected chi connectivity index (χ3v) is 3.56. The molecular weight excluding hydrogens is 220 g/mol. The molecule has 1 rings (SSSR count). The van der Waals surface area contributed by atoms with E-state index in [1.807, 2.05) is 4.68 Å². The van der Waals surface area contributed by atoms with E-state index in [0.717, 1.165) is 12.8 Å². The summed E-state index contributed by atoms with van der Waals surface area (Å²) >= 11 is 0. The fourth-order valence-electron chi connectivity index (χ4n) is 2.40. The van der Waals surface area contributed by atoms with Crippen molar-refractivity contribution in [2.24, 2.45) is 0 Å². The number of aromatic nitrogens is 2. The lowest BCUT2D eigenvalue weighted by atomic mass is 10.00. The molecule has 103 valence electrons. The zero-order valence-electron chi connectivity index (χ0n) is 12.5. The second-order valence-electron chi connectivity index (χ2n) is 5.18. The second kappa shape index (κ2) is 8.34. The molecule has 0 unspecified atom stereocenters. The summed E-state index contributed by atoms with van der Waals surface area (Å²) in [6.07, 6.45) is 10.9. The van der Waals surface area contributed by atoms with Crippen LogP contribution >= 0.6 is 0 Å². The van der Waals surface area contributed by atoms with E-state index >= 15 is 0 Å². The van der Waals surface area contributed by atoms with Gasteiger partial charge in [-0.05, 0) is 44.1 Å². The molecule has 0 aromatic carbocycles. The lowest BCUT2D eigenvalue weighted by molar-refractivity contribution is 0.708. The number of nitrogens with zero attached hydrogens (tertiary/aromatic N) is 2. The fourth-order valence-corrected chi connectivity index (χ4v) is 2.40. The number of hydrogen-bond donors (Lipinski definition) is 0. The van der Waals surface area contributed by atoms with Crippen LogP contribution in [0.25, 0.3) is 0 Å². The Bertz CT molecular complexity index is 339. The van der Waals surface area contributed by atoms with Gasteiger partial charge in [-0.2, -0.15) is 5.10 Å². The van der Waals surface area contributed by atoms with Gasteiger partial charge in [0.2, 0.25) is 0 Å². The topological polar surface area (TPSA) is 17.8 Å². The van der Waals surface area contributed by atoms with Gasteiger partial charge in [0, 0.05) is 5.69 Å². The SMILES string of the molecule is [CH2]n1nc(CCCC)c(CCCC)c1CCCC. The summed E-state index contributed by atoms with van der Waals surface area (Å²) in [6, 6.07) is 0. The molecule has 0 bridgehead atoms. The highest BCUT2D eigenvalue weighted by Gasteiger charge is 2.14. The van der Waals surface area contributed by atoms with Crippen molar-refractivity contribution >= 4 is 0 Å². The second-order valence-corrected chi connectivity index (χ2v) is 5.18. The molecule has 1 aromatic heterocycles. The standard InChI is InChI=1S/C16H29N2/c1-5-8-11-14-15(12-9-6-2)17-18(4)16(14)13-10-7-3/h4-13H2,1-3H3. The van der Waals surface area contributed by atoms with Gasteiger partial charge in [-0.3, -0.25) is 4.68 Å². The van der Waals surface area contributed by atoms with E-state index in [1.54, 1.807) is 0 Å². The Kier molecular flexibility index (Phi) is 7.07. The predicted molar refractivity (Wildman–Crippen MR) is 78.8 cm³/mol. The van der Waals surface area contributed by atoms with Gasteiger partial charge >= 0.3 is 0 Å². The highest BCUT2D eigenvalue weighted by molar-refractivity contribution is 5.27. The quantitative estimate of drug-likeness (QED) is 0.628. The van der Waals surface area contributed by atoms with Gasteiger partial charge in [0.05, 0.1) is 12.7 Å². The van der Waals surface area contributed by atoms with Gasteiger partial charge in [0.15, 0.2) is 0 Å². The van der Waals surface area contributed by atoms with E-state index in [9.17, 15) is 0 Å². The van der Waals surface area contributed by atoms with E-state index in [1.165, 1.54) is 61.9 Å². The smallest absolute Gasteiger partial charge is 0.0659 e. The molecule has 0 fully saturated rings. The van der Waals surface area contributed by atoms with Crippen LogP contribution in [0.3, 0.4) is 0 Å². The van der Waals surface area contributed by atoms with Crippen molar-refractivity contribution < 1.29 is 0 Å². The molecule has 0 saturated carbocycles. The van der Waals surface area contributed by atoms with Crippen LogP contribution < -0.4 is 0 Å². The van der Waals surface area contributed by atoms with Crippen molar-refractivity contribution in [3.8, 4) is 0 Å². The first kappa shape index (κ1) is 15.3. The number of rotatable bonds is 9. The zero-order valence-corrected chi connectivity index (χ0v) is 12.5. The Hall–Kier alpha value is -0.790. The molecule has 0 saturated heterocycles. The highest BCUT2D eigenvalue weighted by Crippen LogP contribution is 2.21. The summed E-state index contributed by atoms with van der Waals surface area (Å²) in [5.74, 6) is 0. The predicted octanol–water partition coefficient (Wildman–Crippen LogP) is 4.55. The molecule has 18 heavy (non-hydrogen) atoms. The van der Waals surface area contributed by atoms with E-state index in [4.69, 9.17) is 0 Å². The average molecular weight is 249 g/mol. The molecular formula is C16H29N2. The first-order valence-electron chi connectivity index (χ1n) is 7.65. The average Bonchev–Trinajstić information content (AvgIpc) is 2.67. The molecule has 1 radical (unpaired) electrons. The van der Waals surface area contributed by atoms with E-state index in [-0.39, 0.29) is 0 Å². The molecule has 0 aliphatic heterocycles. The van der Waals surface area contributed by atoms with Gasteiger partial charge < -0.3 is 0 Å². The molecule has 1 heterocycles. The van der Waals surface area contributed by atoms with Crippen LogP contribution in [-0.2, 0) is 19.3 Å². The van der Waals surface area contributed by atoms with Crippen molar-refractivity contribution in [3.63, 3.8) is 0 Å². The fraction of sp³-hybridized carbons (Fsp3) is 0.750. The highest BCUT2D eigenvalue weighted by atomic mass is 15.3. The van der Waals surface area contributed by atoms with Crippen molar-refractivity contribution in [2.45, 2.75) is 78.6 Å². The molecule has 0 atom stereocenters. The lowest BCUT2D eigenvalue weighted by Gasteiger charge is -2.06. The zero-order chi connectivity index (χ0) is 13.4. The van der Waals surface area contributed by atoms with Crippen molar-refractivity contribution in [1.29, 1.82) is 0 Å². The van der Waals surface area contributed by atoms with Crippen molar-refractivity contribution in [3.05, 3.63) is 24.0 Å². The van der Waals surface area contributed by atoms with E-state index in [2.05, 4.69) is 32.9 Å². The molecule has 1 aromatic rings. The summed E-state index contributed by atoms with van der Waals surface area (Å²) in [7, 11) is 4.08. The molecule has 0 spiro atoms. The van der Waals surface area contributed by atoms with Gasteiger partial charge in [-0.1, -0.05) is 40.0 Å². The third kappa shape index (κ3) is 4.15. The Morgan fingerprint density at radius 1 is 0.889 bits per heavy atom. The Balaban J connectivity index is 2.86. The van der Waals surface area contributed by atoms with Gasteiger partial charge in [0.1, 0.15) is 0 Å². The molecule has 2 heteroatoms. The van der Waals surface area contributed by atoms with Gasteiger partial charge in [-0.25, -0.2) is 0 Å². The maximum atomic E-state index is 4.66. The minimum Gasteiger partial charge on any atom is -0.267 e. The number of aryl methyl sites for hydroxylation is 1.